The van der Waals surface area contributed by atoms with Gasteiger partial charge in [-0.3, -0.25) is 9.69 Å². The van der Waals surface area contributed by atoms with Gasteiger partial charge >= 0.3 is 0 Å². The van der Waals surface area contributed by atoms with Crippen LogP contribution in [0.2, 0.25) is 0 Å². The van der Waals surface area contributed by atoms with Gasteiger partial charge in [-0.1, -0.05) is 13.8 Å². The number of carbonyl (C=O) groups is 1. The second kappa shape index (κ2) is 11.6. The van der Waals surface area contributed by atoms with Gasteiger partial charge in [0, 0.05) is 25.5 Å². The fraction of sp³-hybridized carbons (Fsp3) is 0.957. The number of thioether (sulfide) groups is 1. The van der Waals surface area contributed by atoms with E-state index in [4.69, 9.17) is 21.1 Å². The van der Waals surface area contributed by atoms with Gasteiger partial charge in [-0.05, 0) is 51.3 Å². The predicted molar refractivity (Wildman–Crippen MR) is 128 cm³/mol. The number of nitrogens with zero attached hydrogens (tertiary/aromatic N) is 1. The maximum Gasteiger partial charge on any atom is 0.240 e. The summed E-state index contributed by atoms with van der Waals surface area (Å²) in [6.45, 7) is 7.88. The summed E-state index contributed by atoms with van der Waals surface area (Å²) in [5, 5.41) is 23.2. The second-order valence-corrected chi connectivity index (χ2v) is 11.9. The standard InChI is InChI=1S/C23H41ClN2O5S/c1-12(2)8-14-6-7-30-21-15(9-14)11-26(4)19(21)22(29)25-18(13(3)24)17-10-16(27)20(28)23(31-17)32-5/h12-21,23,27-28H,6-11H2,1-5H3,(H,25,29)/t13-,14+,15-,16+,17-,18+,19-,20+,21+,23?/m0/s1. The van der Waals surface area contributed by atoms with Gasteiger partial charge in [0.05, 0.1) is 29.7 Å². The average molecular weight is 493 g/mol. The van der Waals surface area contributed by atoms with E-state index in [1.54, 1.807) is 0 Å². The third kappa shape index (κ3) is 6.12. The minimum atomic E-state index is -0.955. The van der Waals surface area contributed by atoms with Gasteiger partial charge < -0.3 is 25.0 Å². The van der Waals surface area contributed by atoms with Gasteiger partial charge in [0.25, 0.3) is 0 Å². The van der Waals surface area contributed by atoms with Crippen molar-refractivity contribution in [2.24, 2.45) is 17.8 Å². The molecule has 0 aromatic rings. The molecule has 10 atom stereocenters. The van der Waals surface area contributed by atoms with Gasteiger partial charge in [-0.15, -0.1) is 23.4 Å². The van der Waals surface area contributed by atoms with Gasteiger partial charge in [0.1, 0.15) is 17.6 Å². The van der Waals surface area contributed by atoms with E-state index in [0.717, 1.165) is 19.4 Å². The number of alkyl halides is 1. The van der Waals surface area contributed by atoms with Crippen molar-refractivity contribution in [1.82, 2.24) is 10.2 Å². The van der Waals surface area contributed by atoms with E-state index in [1.165, 1.54) is 18.2 Å². The lowest BCUT2D eigenvalue weighted by molar-refractivity contribution is -0.149. The Hall–Kier alpha value is -0.0900. The van der Waals surface area contributed by atoms with Crippen LogP contribution in [0.25, 0.3) is 0 Å². The quantitative estimate of drug-likeness (QED) is 0.468. The Bertz CT molecular complexity index is 627. The molecular formula is C23H41ClN2O5S. The second-order valence-electron chi connectivity index (χ2n) is 10.3. The number of rotatable bonds is 7. The van der Waals surface area contributed by atoms with Crippen LogP contribution in [0, 0.1) is 17.8 Å². The summed E-state index contributed by atoms with van der Waals surface area (Å²) in [5.74, 6) is 1.54. The highest BCUT2D eigenvalue weighted by atomic mass is 35.5. The van der Waals surface area contributed by atoms with Crippen molar-refractivity contribution in [3.05, 3.63) is 0 Å². The van der Waals surface area contributed by atoms with Crippen molar-refractivity contribution in [2.75, 3.05) is 26.5 Å². The Morgan fingerprint density at radius 2 is 2.00 bits per heavy atom. The van der Waals surface area contributed by atoms with Crippen molar-refractivity contribution < 1.29 is 24.5 Å². The molecule has 3 heterocycles. The van der Waals surface area contributed by atoms with Crippen molar-refractivity contribution in [2.45, 2.75) is 93.8 Å². The topological polar surface area (TPSA) is 91.3 Å². The summed E-state index contributed by atoms with van der Waals surface area (Å²) in [6, 6.07) is -0.848. The molecule has 3 N–H and O–H groups in total. The van der Waals surface area contributed by atoms with E-state index in [2.05, 4.69) is 24.1 Å². The van der Waals surface area contributed by atoms with Crippen LogP contribution in [-0.2, 0) is 14.3 Å². The summed E-state index contributed by atoms with van der Waals surface area (Å²) in [4.78, 5) is 15.6. The lowest BCUT2D eigenvalue weighted by Crippen LogP contribution is -2.59. The normalized spacial score (nSPS) is 40.5. The maximum absolute atomic E-state index is 13.5. The van der Waals surface area contributed by atoms with Crippen LogP contribution < -0.4 is 5.32 Å². The van der Waals surface area contributed by atoms with Gasteiger partial charge in [0.15, 0.2) is 0 Å². The zero-order valence-corrected chi connectivity index (χ0v) is 21.5. The molecule has 1 unspecified atom stereocenters. The summed E-state index contributed by atoms with van der Waals surface area (Å²) in [7, 11) is 1.99. The molecule has 0 radical (unpaired) electrons. The highest BCUT2D eigenvalue weighted by Crippen LogP contribution is 2.37. The SMILES string of the molecule is CSC1O[C@H]([C@H](NC(=O)[C@@H]2[C@@H]3OCC[C@H](CC(C)C)C[C@H]3CN2C)[C@H](C)Cl)C[C@@H](O)[C@H]1O. The number of fused-ring (bicyclic) bond motifs is 1. The Kier molecular flexibility index (Phi) is 9.58. The summed E-state index contributed by atoms with van der Waals surface area (Å²) < 4.78 is 12.3. The fourth-order valence-electron chi connectivity index (χ4n) is 5.73. The number of aliphatic hydroxyl groups is 2. The predicted octanol–water partition coefficient (Wildman–Crippen LogP) is 2.07. The number of amides is 1. The molecule has 1 amide bonds. The number of carbonyl (C=O) groups excluding carboxylic acids is 1. The molecule has 32 heavy (non-hydrogen) atoms. The molecule has 3 saturated heterocycles. The van der Waals surface area contributed by atoms with Crippen LogP contribution in [-0.4, -0.2) is 94.8 Å². The van der Waals surface area contributed by atoms with Crippen molar-refractivity contribution >= 4 is 29.3 Å². The first-order valence-electron chi connectivity index (χ1n) is 11.9. The molecule has 0 aromatic carbocycles. The summed E-state index contributed by atoms with van der Waals surface area (Å²) >= 11 is 7.82. The molecule has 0 aromatic heterocycles. The summed E-state index contributed by atoms with van der Waals surface area (Å²) in [6.07, 6.45) is 2.92. The molecule has 3 aliphatic rings. The number of aliphatic hydroxyl groups excluding tert-OH is 2. The molecule has 0 aliphatic carbocycles. The van der Waals surface area contributed by atoms with Gasteiger partial charge in [-0.25, -0.2) is 0 Å². The van der Waals surface area contributed by atoms with Crippen LogP contribution in [0.5, 0.6) is 0 Å². The minimum Gasteiger partial charge on any atom is -0.390 e. The van der Waals surface area contributed by atoms with Crippen LogP contribution in [0.4, 0.5) is 0 Å². The Balaban J connectivity index is 1.69. The maximum atomic E-state index is 13.5. The van der Waals surface area contributed by atoms with E-state index in [9.17, 15) is 15.0 Å². The zero-order chi connectivity index (χ0) is 23.6. The minimum absolute atomic E-state index is 0.107. The molecule has 9 heteroatoms. The number of ether oxygens (including phenoxy) is 2. The third-order valence-corrected chi connectivity index (χ3v) is 8.34. The van der Waals surface area contributed by atoms with Crippen LogP contribution in [0.1, 0.15) is 46.5 Å². The van der Waals surface area contributed by atoms with Crippen LogP contribution >= 0.6 is 23.4 Å². The molecule has 3 rings (SSSR count). The van der Waals surface area contributed by atoms with Crippen molar-refractivity contribution in [3.63, 3.8) is 0 Å². The first-order valence-corrected chi connectivity index (χ1v) is 13.6. The van der Waals surface area contributed by atoms with Gasteiger partial charge in [-0.2, -0.15) is 0 Å². The highest BCUT2D eigenvalue weighted by molar-refractivity contribution is 7.99. The number of likely N-dealkylation sites (N-methyl/N-ethyl adjacent to an activating group) is 1. The van der Waals surface area contributed by atoms with E-state index in [1.807, 2.05) is 20.2 Å². The van der Waals surface area contributed by atoms with Gasteiger partial charge in [0.2, 0.25) is 5.91 Å². The largest absolute Gasteiger partial charge is 0.390 e. The highest BCUT2D eigenvalue weighted by Gasteiger charge is 2.48. The molecule has 3 fully saturated rings. The Morgan fingerprint density at radius 1 is 1.28 bits per heavy atom. The third-order valence-electron chi connectivity index (χ3n) is 7.21. The smallest absolute Gasteiger partial charge is 0.240 e. The molecule has 0 saturated carbocycles. The average Bonchev–Trinajstić information content (AvgIpc) is 2.89. The lowest BCUT2D eigenvalue weighted by atomic mass is 9.85. The Morgan fingerprint density at radius 3 is 2.62 bits per heavy atom. The fourth-order valence-corrected chi connectivity index (χ4v) is 6.66. The number of likely N-dealkylation sites (tertiary alicyclic amines) is 1. The molecular weight excluding hydrogens is 452 g/mol. The lowest BCUT2D eigenvalue weighted by Gasteiger charge is -2.41. The van der Waals surface area contributed by atoms with E-state index >= 15 is 0 Å². The van der Waals surface area contributed by atoms with E-state index in [-0.39, 0.29) is 24.5 Å². The number of hydrogen-bond acceptors (Lipinski definition) is 7. The van der Waals surface area contributed by atoms with E-state index < -0.39 is 35.2 Å². The summed E-state index contributed by atoms with van der Waals surface area (Å²) in [5.41, 5.74) is -0.555. The molecule has 3 aliphatic heterocycles. The van der Waals surface area contributed by atoms with Crippen LogP contribution in [0.15, 0.2) is 0 Å². The zero-order valence-electron chi connectivity index (χ0n) is 19.9. The van der Waals surface area contributed by atoms with E-state index in [0.29, 0.717) is 24.4 Å². The number of hydrogen-bond donors (Lipinski definition) is 3. The molecule has 0 bridgehead atoms. The molecule has 186 valence electrons. The molecule has 7 nitrogen and oxygen atoms in total. The van der Waals surface area contributed by atoms with Crippen molar-refractivity contribution in [1.29, 1.82) is 0 Å². The number of halogens is 1. The van der Waals surface area contributed by atoms with Crippen molar-refractivity contribution in [3.8, 4) is 0 Å². The first-order chi connectivity index (χ1) is 15.1. The molecule has 0 spiro atoms. The number of nitrogens with one attached hydrogen (secondary N) is 1. The first kappa shape index (κ1) is 26.5. The van der Waals surface area contributed by atoms with Crippen LogP contribution in [0.3, 0.4) is 0 Å². The monoisotopic (exact) mass is 492 g/mol. The Labute approximate surface area is 201 Å².